The summed E-state index contributed by atoms with van der Waals surface area (Å²) < 4.78 is 66.5. The van der Waals surface area contributed by atoms with E-state index in [0.29, 0.717) is 38.2 Å². The number of nitrogens with zero attached hydrogens (tertiary/aromatic N) is 6. The molecule has 3 fully saturated rings. The fourth-order valence-electron chi connectivity index (χ4n) is 7.28. The fraction of sp³-hybridized carbons (Fsp3) is 0.438. The van der Waals surface area contributed by atoms with Gasteiger partial charge in [0.2, 0.25) is 0 Å². The molecule has 2 aromatic carbocycles. The van der Waals surface area contributed by atoms with Crippen LogP contribution in [-0.2, 0) is 0 Å². The van der Waals surface area contributed by atoms with Gasteiger partial charge in [-0.25, -0.2) is 22.4 Å². The van der Waals surface area contributed by atoms with E-state index in [4.69, 9.17) is 9.72 Å². The van der Waals surface area contributed by atoms with Crippen LogP contribution < -0.4 is 4.74 Å². The number of fused-ring (bicyclic) bond motifs is 3. The molecule has 13 heteroatoms. The predicted octanol–water partition coefficient (Wildman–Crippen LogP) is 5.39. The van der Waals surface area contributed by atoms with Crippen LogP contribution in [-0.4, -0.2) is 99.4 Å². The lowest BCUT2D eigenvalue weighted by Crippen LogP contribution is -2.43. The molecule has 0 radical (unpaired) electrons. The van der Waals surface area contributed by atoms with Crippen LogP contribution in [0.1, 0.15) is 37.3 Å². The van der Waals surface area contributed by atoms with Crippen molar-refractivity contribution in [2.45, 2.75) is 43.3 Å². The third-order valence-electron chi connectivity index (χ3n) is 9.40. The zero-order chi connectivity index (χ0) is 31.6. The van der Waals surface area contributed by atoms with Gasteiger partial charge in [0.1, 0.15) is 29.7 Å². The zero-order valence-electron chi connectivity index (χ0n) is 24.9. The number of halogens is 4. The van der Waals surface area contributed by atoms with Gasteiger partial charge in [0.15, 0.2) is 17.5 Å². The first kappa shape index (κ1) is 29.5. The van der Waals surface area contributed by atoms with E-state index in [1.807, 2.05) is 0 Å². The minimum absolute atomic E-state index is 0.104. The van der Waals surface area contributed by atoms with Crippen LogP contribution in [0.3, 0.4) is 0 Å². The second-order valence-electron chi connectivity index (χ2n) is 12.5. The number of alkyl halides is 1. The number of hydrogen-bond acceptors (Lipinski definition) is 7. The van der Waals surface area contributed by atoms with Crippen LogP contribution in [0, 0.1) is 17.5 Å². The zero-order valence-corrected chi connectivity index (χ0v) is 24.9. The lowest BCUT2D eigenvalue weighted by Gasteiger charge is -2.30. The Morgan fingerprint density at radius 3 is 2.76 bits per heavy atom. The van der Waals surface area contributed by atoms with Crippen molar-refractivity contribution in [2.24, 2.45) is 0 Å². The van der Waals surface area contributed by atoms with Gasteiger partial charge in [0, 0.05) is 68.6 Å². The summed E-state index contributed by atoms with van der Waals surface area (Å²) in [6.07, 6.45) is 2.96. The molecule has 2 aromatic heterocycles. The summed E-state index contributed by atoms with van der Waals surface area (Å²) in [4.78, 5) is 31.4. The average molecular weight is 625 g/mol. The molecular weight excluding hydrogens is 592 g/mol. The van der Waals surface area contributed by atoms with Gasteiger partial charge >= 0.3 is 12.0 Å². The molecule has 45 heavy (non-hydrogen) atoms. The first-order valence-electron chi connectivity index (χ1n) is 15.0. The third kappa shape index (κ3) is 4.97. The Hall–Kier alpha value is -4.26. The van der Waals surface area contributed by atoms with E-state index in [0.717, 1.165) is 31.5 Å². The summed E-state index contributed by atoms with van der Waals surface area (Å²) in [5.74, 6) is -3.82. The average Bonchev–Trinajstić information content (AvgIpc) is 3.72. The number of aromatic hydroxyl groups is 1. The van der Waals surface area contributed by atoms with Gasteiger partial charge < -0.3 is 19.6 Å². The van der Waals surface area contributed by atoms with E-state index in [9.17, 15) is 18.7 Å². The van der Waals surface area contributed by atoms with Crippen molar-refractivity contribution in [1.82, 2.24) is 29.7 Å². The Balaban J connectivity index is 1.35. The molecule has 1 unspecified atom stereocenters. The molecular formula is C32H32F4N6O3. The quantitative estimate of drug-likeness (QED) is 0.298. The Morgan fingerprint density at radius 2 is 1.96 bits per heavy atom. The number of phenolic OH excluding ortho intramolecular Hbond substituents is 1. The Morgan fingerprint density at radius 1 is 1.13 bits per heavy atom. The highest BCUT2D eigenvalue weighted by atomic mass is 19.2. The molecule has 2 amide bonds. The first-order valence-corrected chi connectivity index (χ1v) is 15.0. The number of carbonyl (C=O) groups is 1. The second kappa shape index (κ2) is 11.0. The van der Waals surface area contributed by atoms with Gasteiger partial charge in [-0.15, -0.1) is 0 Å². The monoisotopic (exact) mass is 624 g/mol. The number of urea groups is 1. The Kier molecular flexibility index (Phi) is 7.18. The molecule has 236 valence electrons. The van der Waals surface area contributed by atoms with Crippen LogP contribution in [0.4, 0.5) is 22.4 Å². The summed E-state index contributed by atoms with van der Waals surface area (Å²) >= 11 is 0. The summed E-state index contributed by atoms with van der Waals surface area (Å²) in [6, 6.07) is 4.34. The summed E-state index contributed by atoms with van der Waals surface area (Å²) in [7, 11) is 3.33. The van der Waals surface area contributed by atoms with E-state index in [2.05, 4.69) is 14.9 Å². The molecule has 4 aromatic rings. The van der Waals surface area contributed by atoms with E-state index < -0.39 is 29.2 Å². The van der Waals surface area contributed by atoms with E-state index >= 15 is 8.78 Å². The highest BCUT2D eigenvalue weighted by Gasteiger charge is 2.49. The maximum absolute atomic E-state index is 16.6. The van der Waals surface area contributed by atoms with Crippen molar-refractivity contribution >= 4 is 27.7 Å². The number of amides is 2. The predicted molar refractivity (Wildman–Crippen MR) is 158 cm³/mol. The van der Waals surface area contributed by atoms with Crippen LogP contribution in [0.25, 0.3) is 32.9 Å². The fourth-order valence-corrected chi connectivity index (χ4v) is 7.28. The van der Waals surface area contributed by atoms with Crippen molar-refractivity contribution in [3.05, 3.63) is 53.6 Å². The molecule has 7 rings (SSSR count). The van der Waals surface area contributed by atoms with Crippen molar-refractivity contribution < 1.29 is 32.2 Å². The molecule has 1 N–H and O–H groups in total. The van der Waals surface area contributed by atoms with E-state index in [1.165, 1.54) is 23.2 Å². The van der Waals surface area contributed by atoms with Gasteiger partial charge in [0.05, 0.1) is 11.2 Å². The minimum Gasteiger partial charge on any atom is -0.508 e. The number of carbonyl (C=O) groups excluding carboxylic acids is 1. The number of pyridine rings is 1. The van der Waals surface area contributed by atoms with Crippen LogP contribution in [0.5, 0.6) is 11.8 Å². The van der Waals surface area contributed by atoms with Crippen LogP contribution >= 0.6 is 0 Å². The molecule has 9 nitrogen and oxygen atoms in total. The number of benzene rings is 2. The maximum Gasteiger partial charge on any atom is 0.319 e. The molecule has 0 bridgehead atoms. The van der Waals surface area contributed by atoms with Crippen molar-refractivity contribution in [2.75, 3.05) is 46.9 Å². The maximum atomic E-state index is 16.6. The molecule has 5 heterocycles. The van der Waals surface area contributed by atoms with E-state index in [1.54, 1.807) is 19.0 Å². The second-order valence-corrected chi connectivity index (χ2v) is 12.5. The molecule has 3 aliphatic rings. The van der Waals surface area contributed by atoms with Crippen molar-refractivity contribution in [3.63, 3.8) is 0 Å². The molecule has 3 atom stereocenters. The number of aromatic nitrogens is 3. The topological polar surface area (TPSA) is 94.9 Å². The molecule has 0 spiro atoms. The SMILES string of the molecule is CN(C)C(=O)N1CCC(c2nc(OC[C@@]34CCCN3C[C@H](F)C4)nc3c(F)c(-c4cc(O)cc5ccc(F)c(F)c45)ncc23)C1. The van der Waals surface area contributed by atoms with Gasteiger partial charge in [-0.05, 0) is 49.4 Å². The Bertz CT molecular complexity index is 1840. The minimum atomic E-state index is -1.20. The Labute approximate surface area is 256 Å². The molecule has 0 saturated carbocycles. The normalized spacial score (nSPS) is 23.3. The summed E-state index contributed by atoms with van der Waals surface area (Å²) in [5.41, 5.74) is -0.689. The standard InChI is InChI=1S/C32H32F4N6O3/c1-40(2)31(44)41-9-6-18(14-41)27-22-13-37-28(21-11-20(43)10-17-4-5-23(34)25(35)24(17)21)26(36)29(22)39-30(38-27)45-16-32-7-3-8-42(32)15-19(33)12-32/h4-5,10-11,13,18-19,43H,3,6-9,12,14-16H2,1-2H3/t18?,19-,32+/m1/s1. The number of hydrogen-bond donors (Lipinski definition) is 1. The van der Waals surface area contributed by atoms with Crippen LogP contribution in [0.2, 0.25) is 0 Å². The lowest BCUT2D eigenvalue weighted by molar-refractivity contribution is 0.107. The van der Waals surface area contributed by atoms with Gasteiger partial charge in [-0.1, -0.05) is 6.07 Å². The van der Waals surface area contributed by atoms with Gasteiger partial charge in [0.25, 0.3) is 0 Å². The third-order valence-corrected chi connectivity index (χ3v) is 9.40. The highest BCUT2D eigenvalue weighted by molar-refractivity contribution is 5.99. The summed E-state index contributed by atoms with van der Waals surface area (Å²) in [5, 5.41) is 10.6. The number of ether oxygens (including phenoxy) is 1. The van der Waals surface area contributed by atoms with Crippen molar-refractivity contribution in [3.8, 4) is 23.0 Å². The number of rotatable bonds is 5. The smallest absolute Gasteiger partial charge is 0.319 e. The molecule has 3 saturated heterocycles. The molecule has 0 aliphatic carbocycles. The highest BCUT2D eigenvalue weighted by Crippen LogP contribution is 2.42. The van der Waals surface area contributed by atoms with Gasteiger partial charge in [-0.2, -0.15) is 9.97 Å². The van der Waals surface area contributed by atoms with E-state index in [-0.39, 0.29) is 63.2 Å². The lowest BCUT2D eigenvalue weighted by atomic mass is 9.95. The molecule has 3 aliphatic heterocycles. The van der Waals surface area contributed by atoms with Crippen LogP contribution in [0.15, 0.2) is 30.5 Å². The first-order chi connectivity index (χ1) is 21.5. The van der Waals surface area contributed by atoms with Gasteiger partial charge in [-0.3, -0.25) is 9.88 Å². The number of phenols is 1. The summed E-state index contributed by atoms with van der Waals surface area (Å²) in [6.45, 7) is 2.02. The largest absolute Gasteiger partial charge is 0.508 e. The number of likely N-dealkylation sites (tertiary alicyclic amines) is 1. The van der Waals surface area contributed by atoms with Crippen molar-refractivity contribution in [1.29, 1.82) is 0 Å².